The van der Waals surface area contributed by atoms with Crippen LogP contribution in [0.25, 0.3) is 17.2 Å². The van der Waals surface area contributed by atoms with Gasteiger partial charge in [-0.05, 0) is 35.1 Å². The lowest BCUT2D eigenvalue weighted by atomic mass is 9.91. The minimum absolute atomic E-state index is 1.13. The van der Waals surface area contributed by atoms with Crippen molar-refractivity contribution in [1.82, 2.24) is 0 Å². The summed E-state index contributed by atoms with van der Waals surface area (Å²) in [5, 5.41) is 0. The van der Waals surface area contributed by atoms with Crippen molar-refractivity contribution in [1.29, 1.82) is 0 Å². The predicted molar refractivity (Wildman–Crippen MR) is 69.2 cm³/mol. The molecule has 0 atom stereocenters. The molecule has 1 aliphatic carbocycles. The maximum Gasteiger partial charge on any atom is -0.0109 e. The van der Waals surface area contributed by atoms with Gasteiger partial charge in [0.25, 0.3) is 0 Å². The van der Waals surface area contributed by atoms with Gasteiger partial charge in [0.1, 0.15) is 0 Å². The van der Waals surface area contributed by atoms with E-state index in [1.807, 2.05) is 0 Å². The van der Waals surface area contributed by atoms with Gasteiger partial charge in [-0.1, -0.05) is 60.7 Å². The molecule has 0 saturated heterocycles. The second-order valence-electron chi connectivity index (χ2n) is 4.19. The summed E-state index contributed by atoms with van der Waals surface area (Å²) in [6, 6.07) is 17.3. The van der Waals surface area contributed by atoms with Crippen molar-refractivity contribution in [3.8, 4) is 11.1 Å². The average Bonchev–Trinajstić information content (AvgIpc) is 2.33. The average molecular weight is 206 g/mol. The predicted octanol–water partition coefficient (Wildman–Crippen LogP) is 4.31. The zero-order valence-corrected chi connectivity index (χ0v) is 9.19. The lowest BCUT2D eigenvalue weighted by molar-refractivity contribution is 1.00. The molecule has 0 amide bonds. The summed E-state index contributed by atoms with van der Waals surface area (Å²) >= 11 is 0. The topological polar surface area (TPSA) is 0 Å². The first-order chi connectivity index (χ1) is 7.95. The molecule has 0 heterocycles. The van der Waals surface area contributed by atoms with Crippen molar-refractivity contribution >= 4 is 6.08 Å². The normalized spacial score (nSPS) is 15.5. The summed E-state index contributed by atoms with van der Waals surface area (Å²) < 4.78 is 0. The smallest absolute Gasteiger partial charge is 0.0109 e. The summed E-state index contributed by atoms with van der Waals surface area (Å²) in [4.78, 5) is 0. The Labute approximate surface area is 96.3 Å². The van der Waals surface area contributed by atoms with Gasteiger partial charge < -0.3 is 0 Å². The summed E-state index contributed by atoms with van der Waals surface area (Å²) in [7, 11) is 0. The number of hydrogen-bond donors (Lipinski definition) is 0. The maximum absolute atomic E-state index is 2.27. The third-order valence-corrected chi connectivity index (χ3v) is 3.15. The molecule has 0 N–H and O–H groups in total. The van der Waals surface area contributed by atoms with Crippen molar-refractivity contribution < 1.29 is 0 Å². The van der Waals surface area contributed by atoms with Crippen molar-refractivity contribution in [2.45, 2.75) is 12.8 Å². The molecule has 16 heavy (non-hydrogen) atoms. The second-order valence-corrected chi connectivity index (χ2v) is 4.19. The molecule has 0 bridgehead atoms. The van der Waals surface area contributed by atoms with Crippen LogP contribution in [-0.4, -0.2) is 0 Å². The molecule has 3 rings (SSSR count). The minimum Gasteiger partial charge on any atom is -0.0836 e. The SMILES string of the molecule is C1=C\c2ccccc2-c2ccccc2CC/1. The Balaban J connectivity index is 2.28. The fourth-order valence-corrected chi connectivity index (χ4v) is 2.34. The van der Waals surface area contributed by atoms with Gasteiger partial charge in [-0.3, -0.25) is 0 Å². The fraction of sp³-hybridized carbons (Fsp3) is 0.125. The minimum atomic E-state index is 1.13. The largest absolute Gasteiger partial charge is 0.0836 e. The molecule has 0 heteroatoms. The molecule has 0 radical (unpaired) electrons. The lowest BCUT2D eigenvalue weighted by Gasteiger charge is -2.13. The highest BCUT2D eigenvalue weighted by Crippen LogP contribution is 2.30. The molecule has 2 aromatic rings. The van der Waals surface area contributed by atoms with Crippen molar-refractivity contribution in [3.05, 3.63) is 65.7 Å². The first-order valence-corrected chi connectivity index (χ1v) is 5.79. The van der Waals surface area contributed by atoms with E-state index in [0.29, 0.717) is 0 Å². The number of rotatable bonds is 0. The van der Waals surface area contributed by atoms with E-state index in [2.05, 4.69) is 60.7 Å². The van der Waals surface area contributed by atoms with Crippen LogP contribution < -0.4 is 0 Å². The number of benzene rings is 2. The quantitative estimate of drug-likeness (QED) is 0.602. The summed E-state index contributed by atoms with van der Waals surface area (Å²) in [5.41, 5.74) is 5.53. The van der Waals surface area contributed by atoms with Crippen LogP contribution in [0.3, 0.4) is 0 Å². The van der Waals surface area contributed by atoms with Crippen LogP contribution in [0, 0.1) is 0 Å². The van der Waals surface area contributed by atoms with Crippen LogP contribution in [0.5, 0.6) is 0 Å². The highest BCUT2D eigenvalue weighted by molar-refractivity contribution is 5.78. The lowest BCUT2D eigenvalue weighted by Crippen LogP contribution is -1.93. The summed E-state index contributed by atoms with van der Waals surface area (Å²) in [5.74, 6) is 0. The number of fused-ring (bicyclic) bond motifs is 3. The monoisotopic (exact) mass is 206 g/mol. The Morgan fingerprint density at radius 3 is 2.44 bits per heavy atom. The standard InChI is InChI=1S/C16H14/c1-2-8-14-10-4-6-12-16(14)15-11-5-3-9-13(15)7-1/h1,3-7,9-12H,2,8H2/b7-1-. The molecule has 0 aliphatic heterocycles. The van der Waals surface area contributed by atoms with Crippen LogP contribution in [0.1, 0.15) is 17.5 Å². The van der Waals surface area contributed by atoms with Crippen molar-refractivity contribution in [3.63, 3.8) is 0 Å². The molecule has 1 aliphatic rings. The molecule has 0 saturated carbocycles. The van der Waals surface area contributed by atoms with Crippen molar-refractivity contribution in [2.75, 3.05) is 0 Å². The van der Waals surface area contributed by atoms with E-state index < -0.39 is 0 Å². The molecule has 78 valence electrons. The third-order valence-electron chi connectivity index (χ3n) is 3.15. The van der Waals surface area contributed by atoms with E-state index in [-0.39, 0.29) is 0 Å². The van der Waals surface area contributed by atoms with Gasteiger partial charge in [0.05, 0.1) is 0 Å². The molecule has 0 aromatic heterocycles. The molecular weight excluding hydrogens is 192 g/mol. The Bertz CT molecular complexity index is 535. The Hall–Kier alpha value is -1.82. The number of allylic oxidation sites excluding steroid dienone is 1. The fourth-order valence-electron chi connectivity index (χ4n) is 2.34. The first kappa shape index (κ1) is 9.41. The first-order valence-electron chi connectivity index (χ1n) is 5.79. The molecule has 0 unspecified atom stereocenters. The molecule has 0 fully saturated rings. The van der Waals surface area contributed by atoms with Crippen LogP contribution in [-0.2, 0) is 6.42 Å². The van der Waals surface area contributed by atoms with E-state index in [1.54, 1.807) is 0 Å². The number of aryl methyl sites for hydroxylation is 1. The van der Waals surface area contributed by atoms with Gasteiger partial charge in [-0.25, -0.2) is 0 Å². The van der Waals surface area contributed by atoms with Gasteiger partial charge in [0.15, 0.2) is 0 Å². The van der Waals surface area contributed by atoms with Gasteiger partial charge in [0.2, 0.25) is 0 Å². The summed E-state index contributed by atoms with van der Waals surface area (Å²) in [6.07, 6.45) is 6.78. The maximum atomic E-state index is 2.27. The molecule has 0 nitrogen and oxygen atoms in total. The van der Waals surface area contributed by atoms with Crippen LogP contribution in [0.2, 0.25) is 0 Å². The second kappa shape index (κ2) is 3.97. The number of hydrogen-bond acceptors (Lipinski definition) is 0. The van der Waals surface area contributed by atoms with E-state index >= 15 is 0 Å². The summed E-state index contributed by atoms with van der Waals surface area (Å²) in [6.45, 7) is 0. The molecule has 0 spiro atoms. The van der Waals surface area contributed by atoms with Crippen LogP contribution in [0.15, 0.2) is 54.6 Å². The van der Waals surface area contributed by atoms with Gasteiger partial charge >= 0.3 is 0 Å². The van der Waals surface area contributed by atoms with Gasteiger partial charge in [-0.2, -0.15) is 0 Å². The zero-order chi connectivity index (χ0) is 10.8. The molecule has 2 aromatic carbocycles. The van der Waals surface area contributed by atoms with E-state index in [4.69, 9.17) is 0 Å². The highest BCUT2D eigenvalue weighted by Gasteiger charge is 2.08. The van der Waals surface area contributed by atoms with Crippen molar-refractivity contribution in [2.24, 2.45) is 0 Å². The van der Waals surface area contributed by atoms with E-state index in [1.165, 1.54) is 22.3 Å². The Morgan fingerprint density at radius 2 is 1.50 bits per heavy atom. The van der Waals surface area contributed by atoms with E-state index in [0.717, 1.165) is 12.8 Å². The zero-order valence-electron chi connectivity index (χ0n) is 9.19. The highest BCUT2D eigenvalue weighted by atomic mass is 14.1. The Kier molecular flexibility index (Phi) is 2.34. The molecular formula is C16H14. The van der Waals surface area contributed by atoms with Gasteiger partial charge in [-0.15, -0.1) is 0 Å². The van der Waals surface area contributed by atoms with Crippen LogP contribution in [0.4, 0.5) is 0 Å². The van der Waals surface area contributed by atoms with E-state index in [9.17, 15) is 0 Å². The van der Waals surface area contributed by atoms with Gasteiger partial charge in [0, 0.05) is 0 Å². The Morgan fingerprint density at radius 1 is 0.750 bits per heavy atom. The third kappa shape index (κ3) is 1.57. The van der Waals surface area contributed by atoms with Crippen LogP contribution >= 0.6 is 0 Å².